The first-order chi connectivity index (χ1) is 9.10. The Balaban J connectivity index is 2.06. The molecule has 0 aliphatic carbocycles. The van der Waals surface area contributed by atoms with E-state index in [0.717, 1.165) is 26.4 Å². The lowest BCUT2D eigenvalue weighted by Gasteiger charge is -2.07. The first-order valence-electron chi connectivity index (χ1n) is 5.27. The Kier molecular flexibility index (Phi) is 4.14. The van der Waals surface area contributed by atoms with E-state index in [9.17, 15) is 10.1 Å². The maximum atomic E-state index is 10.6. The first kappa shape index (κ1) is 13.5. The molecule has 1 heterocycles. The Bertz CT molecular complexity index is 663. The highest BCUT2D eigenvalue weighted by molar-refractivity contribution is 9.10. The average molecular weight is 338 g/mol. The molecule has 7 heteroatoms. The van der Waals surface area contributed by atoms with Gasteiger partial charge in [0, 0.05) is 27.6 Å². The Morgan fingerprint density at radius 1 is 1.42 bits per heavy atom. The van der Waals surface area contributed by atoms with Gasteiger partial charge in [0.15, 0.2) is 0 Å². The van der Waals surface area contributed by atoms with Gasteiger partial charge in [-0.15, -0.1) is 0 Å². The van der Waals surface area contributed by atoms with E-state index in [1.165, 1.54) is 6.07 Å². The zero-order chi connectivity index (χ0) is 13.8. The summed E-state index contributed by atoms with van der Waals surface area (Å²) in [5.41, 5.74) is 1.42. The number of thiophene rings is 1. The SMILES string of the molecule is N#Cc1ccc(NCc2ccc([N+](=O)[O-])s2)c(Br)c1. The second kappa shape index (κ2) is 5.82. The Labute approximate surface area is 121 Å². The molecule has 96 valence electrons. The van der Waals surface area contributed by atoms with Crippen LogP contribution in [0.15, 0.2) is 34.8 Å². The predicted molar refractivity (Wildman–Crippen MR) is 77.2 cm³/mol. The summed E-state index contributed by atoms with van der Waals surface area (Å²) in [5.74, 6) is 0. The molecule has 1 aromatic carbocycles. The van der Waals surface area contributed by atoms with Gasteiger partial charge < -0.3 is 5.32 Å². The van der Waals surface area contributed by atoms with Gasteiger partial charge in [0.2, 0.25) is 0 Å². The number of halogens is 1. The van der Waals surface area contributed by atoms with E-state index in [-0.39, 0.29) is 5.00 Å². The molecule has 19 heavy (non-hydrogen) atoms. The number of anilines is 1. The zero-order valence-electron chi connectivity index (χ0n) is 9.59. The van der Waals surface area contributed by atoms with Crippen LogP contribution in [0.4, 0.5) is 10.7 Å². The fourth-order valence-corrected chi connectivity index (χ4v) is 2.75. The van der Waals surface area contributed by atoms with Gasteiger partial charge in [0.05, 0.1) is 16.6 Å². The van der Waals surface area contributed by atoms with Crippen molar-refractivity contribution in [3.8, 4) is 6.07 Å². The summed E-state index contributed by atoms with van der Waals surface area (Å²) in [5, 5.41) is 22.6. The van der Waals surface area contributed by atoms with Gasteiger partial charge in [-0.1, -0.05) is 11.3 Å². The lowest BCUT2D eigenvalue weighted by atomic mass is 10.2. The smallest absolute Gasteiger partial charge is 0.324 e. The lowest BCUT2D eigenvalue weighted by molar-refractivity contribution is -0.380. The molecular formula is C12H8BrN3O2S. The van der Waals surface area contributed by atoms with Crippen molar-refractivity contribution in [3.05, 3.63) is 55.4 Å². The molecule has 0 saturated carbocycles. The lowest BCUT2D eigenvalue weighted by Crippen LogP contribution is -1.98. The summed E-state index contributed by atoms with van der Waals surface area (Å²) in [6.45, 7) is 0.503. The maximum absolute atomic E-state index is 10.6. The molecule has 0 aliphatic heterocycles. The molecular weight excluding hydrogens is 330 g/mol. The van der Waals surface area contributed by atoms with Crippen LogP contribution in [0.2, 0.25) is 0 Å². The van der Waals surface area contributed by atoms with Crippen LogP contribution in [0.25, 0.3) is 0 Å². The van der Waals surface area contributed by atoms with Gasteiger partial charge in [0.25, 0.3) is 0 Å². The van der Waals surface area contributed by atoms with Gasteiger partial charge in [-0.05, 0) is 40.2 Å². The Hall–Kier alpha value is -1.91. The zero-order valence-corrected chi connectivity index (χ0v) is 12.0. The van der Waals surface area contributed by atoms with Crippen molar-refractivity contribution in [2.24, 2.45) is 0 Å². The van der Waals surface area contributed by atoms with E-state index in [1.54, 1.807) is 24.3 Å². The van der Waals surface area contributed by atoms with Crippen molar-refractivity contribution in [1.82, 2.24) is 0 Å². The van der Waals surface area contributed by atoms with Gasteiger partial charge >= 0.3 is 5.00 Å². The van der Waals surface area contributed by atoms with Gasteiger partial charge in [-0.25, -0.2) is 0 Å². The molecule has 0 saturated heterocycles. The molecule has 5 nitrogen and oxygen atoms in total. The summed E-state index contributed by atoms with van der Waals surface area (Å²) >= 11 is 4.52. The molecule has 0 spiro atoms. The second-order valence-corrected chi connectivity index (χ2v) is 5.66. The quantitative estimate of drug-likeness (QED) is 0.677. The topological polar surface area (TPSA) is 79.0 Å². The molecule has 2 rings (SSSR count). The number of hydrogen-bond acceptors (Lipinski definition) is 5. The van der Waals surface area contributed by atoms with Crippen molar-refractivity contribution in [1.29, 1.82) is 5.26 Å². The van der Waals surface area contributed by atoms with Crippen LogP contribution in [0, 0.1) is 21.4 Å². The van der Waals surface area contributed by atoms with Crippen LogP contribution >= 0.6 is 27.3 Å². The largest absolute Gasteiger partial charge is 0.379 e. The molecule has 0 atom stereocenters. The number of nitrogens with one attached hydrogen (secondary N) is 1. The van der Waals surface area contributed by atoms with E-state index >= 15 is 0 Å². The Morgan fingerprint density at radius 3 is 2.79 bits per heavy atom. The number of hydrogen-bond donors (Lipinski definition) is 1. The molecule has 2 aromatic rings. The van der Waals surface area contributed by atoms with Crippen LogP contribution in [0.3, 0.4) is 0 Å². The molecule has 0 aliphatic rings. The number of benzene rings is 1. The minimum Gasteiger partial charge on any atom is -0.379 e. The van der Waals surface area contributed by atoms with Gasteiger partial charge in [-0.2, -0.15) is 5.26 Å². The normalized spacial score (nSPS) is 9.89. The standard InChI is InChI=1S/C12H8BrN3O2S/c13-10-5-8(6-14)1-3-11(10)15-7-9-2-4-12(19-9)16(17)18/h1-5,15H,7H2. The highest BCUT2D eigenvalue weighted by Gasteiger charge is 2.09. The predicted octanol–water partition coefficient (Wildman–Crippen LogP) is 3.90. The third-order valence-corrected chi connectivity index (χ3v) is 4.07. The van der Waals surface area contributed by atoms with Crippen molar-refractivity contribution < 1.29 is 4.92 Å². The van der Waals surface area contributed by atoms with E-state index in [1.807, 2.05) is 0 Å². The molecule has 1 aromatic heterocycles. The van der Waals surface area contributed by atoms with Crippen LogP contribution in [-0.2, 0) is 6.54 Å². The van der Waals surface area contributed by atoms with Crippen LogP contribution in [0.5, 0.6) is 0 Å². The van der Waals surface area contributed by atoms with Crippen molar-refractivity contribution in [2.75, 3.05) is 5.32 Å². The van der Waals surface area contributed by atoms with Crippen molar-refractivity contribution >= 4 is 38.0 Å². The molecule has 1 N–H and O–H groups in total. The minimum absolute atomic E-state index is 0.135. The van der Waals surface area contributed by atoms with Gasteiger partial charge in [0.1, 0.15) is 0 Å². The monoisotopic (exact) mass is 337 g/mol. The highest BCUT2D eigenvalue weighted by Crippen LogP contribution is 2.27. The first-order valence-corrected chi connectivity index (χ1v) is 6.87. The summed E-state index contributed by atoms with van der Waals surface area (Å²) in [6.07, 6.45) is 0. The van der Waals surface area contributed by atoms with Crippen LogP contribution in [-0.4, -0.2) is 4.92 Å². The summed E-state index contributed by atoms with van der Waals surface area (Å²) in [7, 11) is 0. The fraction of sp³-hybridized carbons (Fsp3) is 0.0833. The van der Waals surface area contributed by atoms with Crippen LogP contribution in [0.1, 0.15) is 10.4 Å². The van der Waals surface area contributed by atoms with Crippen LogP contribution < -0.4 is 5.32 Å². The molecule has 0 unspecified atom stereocenters. The van der Waals surface area contributed by atoms with E-state index in [0.29, 0.717) is 12.1 Å². The molecule has 0 amide bonds. The molecule has 0 fully saturated rings. The number of rotatable bonds is 4. The van der Waals surface area contributed by atoms with E-state index in [4.69, 9.17) is 5.26 Å². The van der Waals surface area contributed by atoms with E-state index < -0.39 is 4.92 Å². The van der Waals surface area contributed by atoms with Crippen molar-refractivity contribution in [2.45, 2.75) is 6.54 Å². The summed E-state index contributed by atoms with van der Waals surface area (Å²) in [6, 6.07) is 10.5. The summed E-state index contributed by atoms with van der Waals surface area (Å²) in [4.78, 5) is 11.1. The Morgan fingerprint density at radius 2 is 2.21 bits per heavy atom. The molecule has 0 bridgehead atoms. The molecule has 0 radical (unpaired) electrons. The third-order valence-electron chi connectivity index (χ3n) is 2.38. The maximum Gasteiger partial charge on any atom is 0.324 e. The highest BCUT2D eigenvalue weighted by atomic mass is 79.9. The summed E-state index contributed by atoms with van der Waals surface area (Å²) < 4.78 is 0.789. The van der Waals surface area contributed by atoms with Crippen molar-refractivity contribution in [3.63, 3.8) is 0 Å². The number of nitro groups is 1. The number of nitriles is 1. The minimum atomic E-state index is -0.397. The average Bonchev–Trinajstić information content (AvgIpc) is 2.86. The number of nitrogens with zero attached hydrogens (tertiary/aromatic N) is 2. The van der Waals surface area contributed by atoms with E-state index in [2.05, 4.69) is 27.3 Å². The fourth-order valence-electron chi connectivity index (χ4n) is 1.47. The van der Waals surface area contributed by atoms with Gasteiger partial charge in [-0.3, -0.25) is 10.1 Å². The second-order valence-electron chi connectivity index (χ2n) is 3.66. The third kappa shape index (κ3) is 3.30.